The van der Waals surface area contributed by atoms with Gasteiger partial charge in [-0.25, -0.2) is 0 Å². The molecular weight excluding hydrogens is 336 g/mol. The second-order valence-corrected chi connectivity index (χ2v) is 7.39. The number of carbonyl (C=O) groups excluding carboxylic acids is 1. The molecule has 0 atom stereocenters. The summed E-state index contributed by atoms with van der Waals surface area (Å²) in [6.07, 6.45) is 3.36. The van der Waals surface area contributed by atoms with Gasteiger partial charge in [0.2, 0.25) is 5.91 Å². The molecule has 1 saturated heterocycles. The fourth-order valence-electron chi connectivity index (χ4n) is 3.61. The zero-order chi connectivity index (χ0) is 19.1. The number of benzene rings is 2. The number of methoxy groups -OCH3 is 1. The van der Waals surface area contributed by atoms with E-state index in [4.69, 9.17) is 4.74 Å². The summed E-state index contributed by atoms with van der Waals surface area (Å²) < 4.78 is 5.16. The zero-order valence-corrected chi connectivity index (χ0v) is 16.4. The average molecular weight is 367 g/mol. The maximum Gasteiger partial charge on any atom is 0.220 e. The molecule has 1 heterocycles. The van der Waals surface area contributed by atoms with Gasteiger partial charge in [0.15, 0.2) is 0 Å². The predicted octanol–water partition coefficient (Wildman–Crippen LogP) is 3.72. The van der Waals surface area contributed by atoms with Gasteiger partial charge in [-0.05, 0) is 55.0 Å². The number of hydrogen-bond acceptors (Lipinski definition) is 3. The van der Waals surface area contributed by atoms with Crippen LogP contribution in [0.5, 0.6) is 5.75 Å². The van der Waals surface area contributed by atoms with Crippen LogP contribution in [0.15, 0.2) is 48.5 Å². The molecule has 2 aromatic carbocycles. The summed E-state index contributed by atoms with van der Waals surface area (Å²) in [6.45, 7) is 5.26. The van der Waals surface area contributed by atoms with Gasteiger partial charge in [0.05, 0.1) is 7.11 Å². The molecular formula is C23H30N2O2. The highest BCUT2D eigenvalue weighted by atomic mass is 16.5. The lowest BCUT2D eigenvalue weighted by Gasteiger charge is -2.32. The standard InChI is InChI=1S/C23H30N2O2/c1-18-5-3-4-6-20(18)17-25-15-13-21(14-16-25)24-23(26)12-9-19-7-10-22(27-2)11-8-19/h3-8,10-11,21H,9,12-17H2,1-2H3,(H,24,26). The molecule has 144 valence electrons. The predicted molar refractivity (Wildman–Crippen MR) is 109 cm³/mol. The number of ether oxygens (including phenoxy) is 1. The number of likely N-dealkylation sites (tertiary alicyclic amines) is 1. The minimum absolute atomic E-state index is 0.156. The summed E-state index contributed by atoms with van der Waals surface area (Å²) in [6, 6.07) is 16.8. The third kappa shape index (κ3) is 5.83. The Balaban J connectivity index is 1.38. The lowest BCUT2D eigenvalue weighted by atomic mass is 10.0. The summed E-state index contributed by atoms with van der Waals surface area (Å²) in [7, 11) is 1.66. The molecule has 1 amide bonds. The summed E-state index contributed by atoms with van der Waals surface area (Å²) >= 11 is 0. The van der Waals surface area contributed by atoms with Gasteiger partial charge in [-0.15, -0.1) is 0 Å². The molecule has 1 aliphatic rings. The molecule has 0 radical (unpaired) electrons. The van der Waals surface area contributed by atoms with Crippen molar-refractivity contribution in [3.05, 3.63) is 65.2 Å². The van der Waals surface area contributed by atoms with Crippen molar-refractivity contribution in [2.24, 2.45) is 0 Å². The van der Waals surface area contributed by atoms with E-state index in [-0.39, 0.29) is 5.91 Å². The van der Waals surface area contributed by atoms with Gasteiger partial charge in [-0.3, -0.25) is 9.69 Å². The second-order valence-electron chi connectivity index (χ2n) is 7.39. The summed E-state index contributed by atoms with van der Waals surface area (Å²) in [5.41, 5.74) is 3.92. The molecule has 0 aliphatic carbocycles. The number of hydrogen-bond donors (Lipinski definition) is 1. The first-order valence-electron chi connectivity index (χ1n) is 9.83. The van der Waals surface area contributed by atoms with Crippen LogP contribution >= 0.6 is 0 Å². The van der Waals surface area contributed by atoms with Crippen molar-refractivity contribution in [2.75, 3.05) is 20.2 Å². The van der Waals surface area contributed by atoms with Crippen LogP contribution < -0.4 is 10.1 Å². The monoisotopic (exact) mass is 366 g/mol. The summed E-state index contributed by atoms with van der Waals surface area (Å²) in [4.78, 5) is 14.8. The molecule has 1 N–H and O–H groups in total. The van der Waals surface area contributed by atoms with Crippen LogP contribution in [0.25, 0.3) is 0 Å². The molecule has 0 saturated carbocycles. The quantitative estimate of drug-likeness (QED) is 0.812. The third-order valence-corrected chi connectivity index (χ3v) is 5.41. The highest BCUT2D eigenvalue weighted by Crippen LogP contribution is 2.17. The van der Waals surface area contributed by atoms with Gasteiger partial charge < -0.3 is 10.1 Å². The van der Waals surface area contributed by atoms with Crippen LogP contribution in [0, 0.1) is 6.92 Å². The van der Waals surface area contributed by atoms with E-state index in [9.17, 15) is 4.79 Å². The van der Waals surface area contributed by atoms with Crippen LogP contribution in [0.4, 0.5) is 0 Å². The van der Waals surface area contributed by atoms with Gasteiger partial charge in [0.1, 0.15) is 5.75 Å². The van der Waals surface area contributed by atoms with Crippen molar-refractivity contribution >= 4 is 5.91 Å². The van der Waals surface area contributed by atoms with E-state index in [1.54, 1.807) is 7.11 Å². The van der Waals surface area contributed by atoms with E-state index < -0.39 is 0 Å². The first kappa shape index (κ1) is 19.4. The molecule has 2 aromatic rings. The maximum atomic E-state index is 12.3. The molecule has 4 nitrogen and oxygen atoms in total. The normalized spacial score (nSPS) is 15.5. The molecule has 1 fully saturated rings. The lowest BCUT2D eigenvalue weighted by molar-refractivity contribution is -0.122. The van der Waals surface area contributed by atoms with Crippen molar-refractivity contribution in [3.63, 3.8) is 0 Å². The Labute approximate surface area is 162 Å². The number of carbonyl (C=O) groups is 1. The fourth-order valence-corrected chi connectivity index (χ4v) is 3.61. The van der Waals surface area contributed by atoms with Gasteiger partial charge in [0, 0.05) is 32.1 Å². The van der Waals surface area contributed by atoms with E-state index in [1.807, 2.05) is 24.3 Å². The van der Waals surface area contributed by atoms with Crippen molar-refractivity contribution in [3.8, 4) is 5.75 Å². The minimum atomic E-state index is 0.156. The van der Waals surface area contributed by atoms with Gasteiger partial charge in [0.25, 0.3) is 0 Å². The number of aryl methyl sites for hydroxylation is 2. The third-order valence-electron chi connectivity index (χ3n) is 5.41. The molecule has 27 heavy (non-hydrogen) atoms. The SMILES string of the molecule is COc1ccc(CCC(=O)NC2CCN(Cc3ccccc3C)CC2)cc1. The molecule has 0 unspecified atom stereocenters. The molecule has 0 spiro atoms. The van der Waals surface area contributed by atoms with E-state index in [0.29, 0.717) is 12.5 Å². The topological polar surface area (TPSA) is 41.6 Å². The highest BCUT2D eigenvalue weighted by Gasteiger charge is 2.20. The van der Waals surface area contributed by atoms with Crippen molar-refractivity contribution in [1.29, 1.82) is 0 Å². The van der Waals surface area contributed by atoms with Crippen molar-refractivity contribution in [1.82, 2.24) is 10.2 Å². The smallest absolute Gasteiger partial charge is 0.220 e. The molecule has 1 aliphatic heterocycles. The number of nitrogens with one attached hydrogen (secondary N) is 1. The summed E-state index contributed by atoms with van der Waals surface area (Å²) in [5.74, 6) is 1.00. The van der Waals surface area contributed by atoms with Gasteiger partial charge in [-0.2, -0.15) is 0 Å². The molecule has 3 rings (SSSR count). The number of nitrogens with zero attached hydrogens (tertiary/aromatic N) is 1. The Kier molecular flexibility index (Phi) is 6.88. The Morgan fingerprint density at radius 2 is 1.81 bits per heavy atom. The van der Waals surface area contributed by atoms with Crippen LogP contribution in [-0.2, 0) is 17.8 Å². The average Bonchev–Trinajstić information content (AvgIpc) is 2.70. The lowest BCUT2D eigenvalue weighted by Crippen LogP contribution is -2.44. The van der Waals surface area contributed by atoms with Crippen molar-refractivity contribution in [2.45, 2.75) is 45.2 Å². The summed E-state index contributed by atoms with van der Waals surface area (Å²) in [5, 5.41) is 3.22. The van der Waals surface area contributed by atoms with Gasteiger partial charge >= 0.3 is 0 Å². The van der Waals surface area contributed by atoms with E-state index in [0.717, 1.165) is 44.6 Å². The Hall–Kier alpha value is -2.33. The maximum absolute atomic E-state index is 12.3. The Bertz CT molecular complexity index is 734. The fraction of sp³-hybridized carbons (Fsp3) is 0.435. The van der Waals surface area contributed by atoms with E-state index in [2.05, 4.69) is 41.4 Å². The van der Waals surface area contributed by atoms with Crippen molar-refractivity contribution < 1.29 is 9.53 Å². The minimum Gasteiger partial charge on any atom is -0.497 e. The Morgan fingerprint density at radius 1 is 1.11 bits per heavy atom. The molecule has 0 aromatic heterocycles. The van der Waals surface area contributed by atoms with E-state index in [1.165, 1.54) is 16.7 Å². The highest BCUT2D eigenvalue weighted by molar-refractivity contribution is 5.76. The zero-order valence-electron chi connectivity index (χ0n) is 16.4. The number of piperidine rings is 1. The number of amides is 1. The van der Waals surface area contributed by atoms with Crippen LogP contribution in [-0.4, -0.2) is 37.0 Å². The first-order chi connectivity index (χ1) is 13.1. The van der Waals surface area contributed by atoms with Crippen LogP contribution in [0.2, 0.25) is 0 Å². The Morgan fingerprint density at radius 3 is 2.48 bits per heavy atom. The van der Waals surface area contributed by atoms with E-state index >= 15 is 0 Å². The first-order valence-corrected chi connectivity index (χ1v) is 9.83. The van der Waals surface area contributed by atoms with Crippen LogP contribution in [0.1, 0.15) is 36.0 Å². The molecule has 4 heteroatoms. The largest absolute Gasteiger partial charge is 0.497 e. The van der Waals surface area contributed by atoms with Gasteiger partial charge in [-0.1, -0.05) is 36.4 Å². The molecule has 0 bridgehead atoms. The second kappa shape index (κ2) is 9.56. The van der Waals surface area contributed by atoms with Crippen LogP contribution in [0.3, 0.4) is 0 Å². The number of rotatable bonds is 7.